The second-order valence-electron chi connectivity index (χ2n) is 6.93. The van der Waals surface area contributed by atoms with Gasteiger partial charge in [-0.05, 0) is 31.9 Å². The average molecular weight is 406 g/mol. The lowest BCUT2D eigenvalue weighted by atomic mass is 10.1. The van der Waals surface area contributed by atoms with Gasteiger partial charge in [-0.25, -0.2) is 0 Å². The number of aromatic nitrogens is 2. The molecule has 1 fully saturated rings. The number of thioether (sulfide) groups is 1. The summed E-state index contributed by atoms with van der Waals surface area (Å²) in [7, 11) is 3.17. The smallest absolute Gasteiger partial charge is 0.277 e. The zero-order chi connectivity index (χ0) is 19.9. The molecule has 1 aromatic carbocycles. The molecule has 8 heteroatoms. The number of rotatable bonds is 7. The van der Waals surface area contributed by atoms with Gasteiger partial charge in [0.25, 0.3) is 5.22 Å². The largest absolute Gasteiger partial charge is 0.497 e. The van der Waals surface area contributed by atoms with Crippen molar-refractivity contribution < 1.29 is 18.7 Å². The third-order valence-corrected chi connectivity index (χ3v) is 5.79. The maximum Gasteiger partial charge on any atom is 0.277 e. The fourth-order valence-corrected chi connectivity index (χ4v) is 3.94. The quantitative estimate of drug-likeness (QED) is 0.549. The van der Waals surface area contributed by atoms with Crippen LogP contribution in [0.3, 0.4) is 0 Å². The van der Waals surface area contributed by atoms with Gasteiger partial charge in [-0.3, -0.25) is 4.79 Å². The second kappa shape index (κ2) is 9.82. The summed E-state index contributed by atoms with van der Waals surface area (Å²) in [6.07, 6.45) is 7.01. The first-order valence-electron chi connectivity index (χ1n) is 9.63. The molecule has 1 heterocycles. The molecule has 28 heavy (non-hydrogen) atoms. The number of nitrogens with zero attached hydrogens (tertiary/aromatic N) is 2. The van der Waals surface area contributed by atoms with Gasteiger partial charge in [-0.15, -0.1) is 10.2 Å². The van der Waals surface area contributed by atoms with Crippen LogP contribution < -0.4 is 14.8 Å². The Hall–Kier alpha value is -2.22. The molecule has 0 spiro atoms. The number of ether oxygens (including phenoxy) is 2. The van der Waals surface area contributed by atoms with Gasteiger partial charge in [-0.1, -0.05) is 37.4 Å². The zero-order valence-electron chi connectivity index (χ0n) is 16.6. The van der Waals surface area contributed by atoms with E-state index in [0.717, 1.165) is 12.8 Å². The van der Waals surface area contributed by atoms with E-state index in [2.05, 4.69) is 15.5 Å². The number of hydrogen-bond acceptors (Lipinski definition) is 7. The van der Waals surface area contributed by atoms with E-state index in [0.29, 0.717) is 28.2 Å². The molecular formula is C20H27N3O4S. The van der Waals surface area contributed by atoms with Crippen molar-refractivity contribution >= 4 is 17.7 Å². The first-order chi connectivity index (χ1) is 13.6. The van der Waals surface area contributed by atoms with Gasteiger partial charge < -0.3 is 19.2 Å². The molecule has 0 radical (unpaired) electrons. The second-order valence-corrected chi connectivity index (χ2v) is 8.22. The van der Waals surface area contributed by atoms with E-state index < -0.39 is 0 Å². The van der Waals surface area contributed by atoms with Crippen LogP contribution in [-0.4, -0.2) is 41.6 Å². The Morgan fingerprint density at radius 2 is 1.75 bits per heavy atom. The highest BCUT2D eigenvalue weighted by Gasteiger charge is 2.22. The lowest BCUT2D eigenvalue weighted by molar-refractivity contribution is -0.121. The van der Waals surface area contributed by atoms with E-state index in [1.54, 1.807) is 32.4 Å². The Kier molecular flexibility index (Phi) is 7.19. The van der Waals surface area contributed by atoms with Crippen LogP contribution in [0, 0.1) is 0 Å². The lowest BCUT2D eigenvalue weighted by Gasteiger charge is -2.18. The molecule has 1 aromatic heterocycles. The summed E-state index contributed by atoms with van der Waals surface area (Å²) in [6, 6.07) is 5.65. The van der Waals surface area contributed by atoms with Crippen LogP contribution in [0.25, 0.3) is 11.5 Å². The van der Waals surface area contributed by atoms with Crippen LogP contribution in [0.4, 0.5) is 0 Å². The summed E-state index contributed by atoms with van der Waals surface area (Å²) in [5.74, 6) is 1.64. The summed E-state index contributed by atoms with van der Waals surface area (Å²) in [5, 5.41) is 11.4. The van der Waals surface area contributed by atoms with E-state index in [-0.39, 0.29) is 17.2 Å². The van der Waals surface area contributed by atoms with Crippen molar-refractivity contribution in [3.8, 4) is 23.0 Å². The van der Waals surface area contributed by atoms with E-state index in [1.807, 2.05) is 6.92 Å². The van der Waals surface area contributed by atoms with Crippen LogP contribution in [0.5, 0.6) is 11.5 Å². The van der Waals surface area contributed by atoms with Gasteiger partial charge in [0.1, 0.15) is 11.5 Å². The molecule has 0 bridgehead atoms. The average Bonchev–Trinajstić information content (AvgIpc) is 3.03. The Bertz CT molecular complexity index is 765. The van der Waals surface area contributed by atoms with Gasteiger partial charge in [0.05, 0.1) is 19.5 Å². The van der Waals surface area contributed by atoms with Gasteiger partial charge in [0, 0.05) is 17.7 Å². The molecule has 1 aliphatic carbocycles. The van der Waals surface area contributed by atoms with Gasteiger partial charge in [0.15, 0.2) is 0 Å². The molecule has 0 unspecified atom stereocenters. The summed E-state index contributed by atoms with van der Waals surface area (Å²) >= 11 is 1.27. The van der Waals surface area contributed by atoms with Gasteiger partial charge >= 0.3 is 0 Å². The minimum Gasteiger partial charge on any atom is -0.497 e. The first-order valence-corrected chi connectivity index (χ1v) is 10.5. The summed E-state index contributed by atoms with van der Waals surface area (Å²) < 4.78 is 16.3. The minimum absolute atomic E-state index is 0.0136. The number of hydrogen-bond donors (Lipinski definition) is 1. The minimum atomic E-state index is -0.309. The van der Waals surface area contributed by atoms with Gasteiger partial charge in [0.2, 0.25) is 11.8 Å². The summed E-state index contributed by atoms with van der Waals surface area (Å²) in [4.78, 5) is 12.5. The molecule has 1 atom stereocenters. The van der Waals surface area contributed by atoms with Crippen molar-refractivity contribution in [1.82, 2.24) is 15.5 Å². The number of amides is 1. The summed E-state index contributed by atoms with van der Waals surface area (Å²) in [6.45, 7) is 1.86. The third kappa shape index (κ3) is 5.41. The molecule has 1 N–H and O–H groups in total. The number of carbonyl (C=O) groups excluding carboxylic acids is 1. The highest BCUT2D eigenvalue weighted by Crippen LogP contribution is 2.31. The normalized spacial score (nSPS) is 16.2. The lowest BCUT2D eigenvalue weighted by Crippen LogP contribution is -2.39. The number of nitrogens with one attached hydrogen (secondary N) is 1. The molecule has 0 aliphatic heterocycles. The Morgan fingerprint density at radius 3 is 2.36 bits per heavy atom. The van der Waals surface area contributed by atoms with Crippen molar-refractivity contribution in [2.75, 3.05) is 14.2 Å². The maximum atomic E-state index is 12.5. The van der Waals surface area contributed by atoms with Crippen LogP contribution in [0.2, 0.25) is 0 Å². The van der Waals surface area contributed by atoms with Crippen LogP contribution in [0.1, 0.15) is 45.4 Å². The molecule has 3 rings (SSSR count). The topological polar surface area (TPSA) is 86.5 Å². The SMILES string of the molecule is COc1cc(OC)cc(-c2nnc(S[C@@H](C)C(=O)NC3CCCCCC3)o2)c1. The van der Waals surface area contributed by atoms with Crippen LogP contribution in [-0.2, 0) is 4.79 Å². The molecule has 152 valence electrons. The molecular weight excluding hydrogens is 378 g/mol. The monoisotopic (exact) mass is 405 g/mol. The van der Waals surface area contributed by atoms with Gasteiger partial charge in [-0.2, -0.15) is 0 Å². The maximum absolute atomic E-state index is 12.5. The van der Waals surface area contributed by atoms with Crippen LogP contribution >= 0.6 is 11.8 Å². The molecule has 0 saturated heterocycles. The van der Waals surface area contributed by atoms with Crippen molar-refractivity contribution in [1.29, 1.82) is 0 Å². The fraction of sp³-hybridized carbons (Fsp3) is 0.550. The highest BCUT2D eigenvalue weighted by molar-refractivity contribution is 8.00. The van der Waals surface area contributed by atoms with E-state index in [9.17, 15) is 4.79 Å². The number of carbonyl (C=O) groups is 1. The zero-order valence-corrected chi connectivity index (χ0v) is 17.4. The van der Waals surface area contributed by atoms with E-state index in [1.165, 1.54) is 37.4 Å². The standard InChI is InChI=1S/C20H27N3O4S/c1-13(18(24)21-15-8-6-4-5-7-9-15)28-20-23-22-19(27-20)14-10-16(25-2)12-17(11-14)26-3/h10-13,15H,4-9H2,1-3H3,(H,21,24)/t13-/m0/s1. The molecule has 2 aromatic rings. The van der Waals surface area contributed by atoms with Crippen LogP contribution in [0.15, 0.2) is 27.8 Å². The van der Waals surface area contributed by atoms with Crippen molar-refractivity contribution in [3.05, 3.63) is 18.2 Å². The van der Waals surface area contributed by atoms with Crippen molar-refractivity contribution in [2.45, 2.75) is 62.0 Å². The first kappa shape index (κ1) is 20.5. The molecule has 1 amide bonds. The Morgan fingerprint density at radius 1 is 1.11 bits per heavy atom. The highest BCUT2D eigenvalue weighted by atomic mass is 32.2. The van der Waals surface area contributed by atoms with E-state index in [4.69, 9.17) is 13.9 Å². The molecule has 1 saturated carbocycles. The van der Waals surface area contributed by atoms with Crippen molar-refractivity contribution in [3.63, 3.8) is 0 Å². The molecule has 1 aliphatic rings. The number of benzene rings is 1. The van der Waals surface area contributed by atoms with Crippen molar-refractivity contribution in [2.24, 2.45) is 0 Å². The number of methoxy groups -OCH3 is 2. The Balaban J connectivity index is 1.63. The summed E-state index contributed by atoms with van der Waals surface area (Å²) in [5.41, 5.74) is 0.700. The molecule has 7 nitrogen and oxygen atoms in total. The predicted octanol–water partition coefficient (Wildman–Crippen LogP) is 4.07. The fourth-order valence-electron chi connectivity index (χ4n) is 3.25. The van der Waals surface area contributed by atoms with E-state index >= 15 is 0 Å². The Labute approximate surface area is 169 Å². The predicted molar refractivity (Wildman–Crippen MR) is 108 cm³/mol. The third-order valence-electron chi connectivity index (χ3n) is 4.85.